The zero-order valence-corrected chi connectivity index (χ0v) is 11.8. The van der Waals surface area contributed by atoms with Crippen LogP contribution in [0.4, 0.5) is 0 Å². The van der Waals surface area contributed by atoms with Crippen LogP contribution in [0, 0.1) is 5.92 Å². The Hall–Kier alpha value is -1.73. The summed E-state index contributed by atoms with van der Waals surface area (Å²) in [6, 6.07) is 1.58. The summed E-state index contributed by atoms with van der Waals surface area (Å²) >= 11 is 1.45. The zero-order valence-electron chi connectivity index (χ0n) is 11.0. The van der Waals surface area contributed by atoms with Crippen molar-refractivity contribution in [2.24, 2.45) is 11.7 Å². The van der Waals surface area contributed by atoms with Crippen molar-refractivity contribution in [3.63, 3.8) is 0 Å². The lowest BCUT2D eigenvalue weighted by atomic mass is 9.96. The van der Waals surface area contributed by atoms with Gasteiger partial charge in [-0.3, -0.25) is 18.9 Å². The van der Waals surface area contributed by atoms with Crippen molar-refractivity contribution in [3.8, 4) is 0 Å². The number of fused-ring (bicyclic) bond motifs is 1. The fraction of sp³-hybridized carbons (Fsp3) is 0.462. The van der Waals surface area contributed by atoms with E-state index in [1.54, 1.807) is 16.7 Å². The van der Waals surface area contributed by atoms with Crippen LogP contribution in [0.15, 0.2) is 22.4 Å². The van der Waals surface area contributed by atoms with Crippen molar-refractivity contribution < 1.29 is 4.79 Å². The molecule has 2 aromatic rings. The van der Waals surface area contributed by atoms with E-state index in [2.05, 4.69) is 9.88 Å². The molecule has 2 N–H and O–H groups in total. The van der Waals surface area contributed by atoms with Gasteiger partial charge in [-0.2, -0.15) is 0 Å². The van der Waals surface area contributed by atoms with E-state index in [0.717, 1.165) is 36.6 Å². The Morgan fingerprint density at radius 1 is 1.45 bits per heavy atom. The Morgan fingerprint density at radius 3 is 2.90 bits per heavy atom. The van der Waals surface area contributed by atoms with E-state index in [-0.39, 0.29) is 17.4 Å². The summed E-state index contributed by atoms with van der Waals surface area (Å²) in [4.78, 5) is 30.5. The molecule has 20 heavy (non-hydrogen) atoms. The normalized spacial score (nSPS) is 17.6. The molecule has 1 aliphatic rings. The smallest absolute Gasteiger partial charge is 0.258 e. The topological polar surface area (TPSA) is 80.7 Å². The van der Waals surface area contributed by atoms with Crippen LogP contribution in [0.25, 0.3) is 4.96 Å². The van der Waals surface area contributed by atoms with Crippen molar-refractivity contribution in [3.05, 3.63) is 33.7 Å². The van der Waals surface area contributed by atoms with Gasteiger partial charge in [-0.15, -0.1) is 11.3 Å². The van der Waals surface area contributed by atoms with Crippen LogP contribution < -0.4 is 11.3 Å². The number of aromatic nitrogens is 2. The molecule has 0 spiro atoms. The number of rotatable bonds is 3. The van der Waals surface area contributed by atoms with Gasteiger partial charge < -0.3 is 5.73 Å². The predicted octanol–water partition coefficient (Wildman–Crippen LogP) is 0.453. The zero-order chi connectivity index (χ0) is 14.1. The first-order valence-electron chi connectivity index (χ1n) is 6.61. The molecule has 0 aliphatic carbocycles. The summed E-state index contributed by atoms with van der Waals surface area (Å²) in [5.74, 6) is -0.217. The van der Waals surface area contributed by atoms with Crippen molar-refractivity contribution >= 4 is 22.2 Å². The van der Waals surface area contributed by atoms with Crippen LogP contribution in [0.5, 0.6) is 0 Å². The average molecular weight is 292 g/mol. The largest absolute Gasteiger partial charge is 0.369 e. The minimum atomic E-state index is -0.207. The number of hydrogen-bond acceptors (Lipinski definition) is 5. The van der Waals surface area contributed by atoms with E-state index in [1.807, 2.05) is 5.38 Å². The molecule has 1 fully saturated rings. The fourth-order valence-corrected chi connectivity index (χ4v) is 3.31. The summed E-state index contributed by atoms with van der Waals surface area (Å²) in [7, 11) is 0. The number of nitrogens with zero attached hydrogens (tertiary/aromatic N) is 3. The number of carbonyl (C=O) groups is 1. The molecule has 0 atom stereocenters. The lowest BCUT2D eigenvalue weighted by molar-refractivity contribution is -0.123. The van der Waals surface area contributed by atoms with Gasteiger partial charge in [-0.05, 0) is 25.9 Å². The first-order valence-corrected chi connectivity index (χ1v) is 7.49. The van der Waals surface area contributed by atoms with Crippen molar-refractivity contribution in [1.82, 2.24) is 14.3 Å². The molecule has 2 aromatic heterocycles. The van der Waals surface area contributed by atoms with Gasteiger partial charge in [0.15, 0.2) is 4.96 Å². The number of thiazole rings is 1. The minimum absolute atomic E-state index is 0.00962. The van der Waals surface area contributed by atoms with Crippen LogP contribution in [-0.4, -0.2) is 33.3 Å². The lowest BCUT2D eigenvalue weighted by Gasteiger charge is -2.30. The molecule has 1 amide bonds. The molecule has 3 heterocycles. The van der Waals surface area contributed by atoms with Crippen molar-refractivity contribution in [1.29, 1.82) is 0 Å². The Kier molecular flexibility index (Phi) is 3.54. The maximum atomic E-state index is 11.9. The summed E-state index contributed by atoms with van der Waals surface area (Å²) in [6.45, 7) is 2.29. The summed E-state index contributed by atoms with van der Waals surface area (Å²) in [5.41, 5.74) is 6.07. The van der Waals surface area contributed by atoms with Crippen LogP contribution >= 0.6 is 11.3 Å². The van der Waals surface area contributed by atoms with E-state index in [9.17, 15) is 9.59 Å². The number of likely N-dealkylation sites (tertiary alicyclic amines) is 1. The fourth-order valence-electron chi connectivity index (χ4n) is 2.57. The first kappa shape index (κ1) is 13.3. The average Bonchev–Trinajstić information content (AvgIpc) is 2.88. The van der Waals surface area contributed by atoms with E-state index in [4.69, 9.17) is 5.73 Å². The standard InChI is InChI=1S/C13H16N4O2S/c14-12(19)9-1-3-16(4-2-9)8-10-7-11(18)17-5-6-20-13(17)15-10/h5-7,9H,1-4,8H2,(H2,14,19). The van der Waals surface area contributed by atoms with E-state index in [1.165, 1.54) is 11.3 Å². The molecule has 106 valence electrons. The molecule has 1 saturated heterocycles. The van der Waals surface area contributed by atoms with Crippen LogP contribution in [0.2, 0.25) is 0 Å². The van der Waals surface area contributed by atoms with Gasteiger partial charge in [0.1, 0.15) is 0 Å². The SMILES string of the molecule is NC(=O)C1CCN(Cc2cc(=O)n3ccsc3n2)CC1. The second kappa shape index (κ2) is 5.34. The van der Waals surface area contributed by atoms with E-state index in [0.29, 0.717) is 6.54 Å². The number of piperidine rings is 1. The van der Waals surface area contributed by atoms with Gasteiger partial charge >= 0.3 is 0 Å². The van der Waals surface area contributed by atoms with E-state index >= 15 is 0 Å². The number of nitrogens with two attached hydrogens (primary N) is 1. The van der Waals surface area contributed by atoms with Gasteiger partial charge in [0, 0.05) is 30.1 Å². The molecule has 0 bridgehead atoms. The van der Waals surface area contributed by atoms with Gasteiger partial charge in [0.25, 0.3) is 5.56 Å². The monoisotopic (exact) mass is 292 g/mol. The first-order chi connectivity index (χ1) is 9.63. The summed E-state index contributed by atoms with van der Waals surface area (Å²) < 4.78 is 1.55. The Labute approximate surface area is 119 Å². The highest BCUT2D eigenvalue weighted by atomic mass is 32.1. The number of amides is 1. The molecule has 0 unspecified atom stereocenters. The van der Waals surface area contributed by atoms with Gasteiger partial charge in [-0.25, -0.2) is 4.98 Å². The molecular weight excluding hydrogens is 276 g/mol. The number of primary amides is 1. The Morgan fingerprint density at radius 2 is 2.20 bits per heavy atom. The van der Waals surface area contributed by atoms with Crippen LogP contribution in [0.1, 0.15) is 18.5 Å². The maximum Gasteiger partial charge on any atom is 0.258 e. The lowest BCUT2D eigenvalue weighted by Crippen LogP contribution is -2.38. The minimum Gasteiger partial charge on any atom is -0.369 e. The van der Waals surface area contributed by atoms with Crippen molar-refractivity contribution in [2.45, 2.75) is 19.4 Å². The van der Waals surface area contributed by atoms with Crippen LogP contribution in [0.3, 0.4) is 0 Å². The molecule has 0 aromatic carbocycles. The molecule has 6 nitrogen and oxygen atoms in total. The van der Waals surface area contributed by atoms with Gasteiger partial charge in [0.05, 0.1) is 5.69 Å². The van der Waals surface area contributed by atoms with E-state index < -0.39 is 0 Å². The molecule has 0 radical (unpaired) electrons. The molecule has 7 heteroatoms. The Balaban J connectivity index is 1.71. The second-order valence-corrected chi connectivity index (χ2v) is 5.97. The third-order valence-corrected chi connectivity index (χ3v) is 4.49. The molecule has 1 aliphatic heterocycles. The summed E-state index contributed by atoms with van der Waals surface area (Å²) in [5, 5.41) is 1.85. The maximum absolute atomic E-state index is 11.9. The molecular formula is C13H16N4O2S. The van der Waals surface area contributed by atoms with Gasteiger partial charge in [-0.1, -0.05) is 0 Å². The highest BCUT2D eigenvalue weighted by Gasteiger charge is 2.23. The van der Waals surface area contributed by atoms with Gasteiger partial charge in [0.2, 0.25) is 5.91 Å². The van der Waals surface area contributed by atoms with Crippen molar-refractivity contribution in [2.75, 3.05) is 13.1 Å². The second-order valence-electron chi connectivity index (χ2n) is 5.09. The van der Waals surface area contributed by atoms with Crippen LogP contribution in [-0.2, 0) is 11.3 Å². The Bertz CT molecular complexity index is 685. The predicted molar refractivity (Wildman–Crippen MR) is 76.5 cm³/mol. The molecule has 0 saturated carbocycles. The number of carbonyl (C=O) groups excluding carboxylic acids is 1. The third kappa shape index (κ3) is 2.59. The number of hydrogen-bond donors (Lipinski definition) is 1. The quantitative estimate of drug-likeness (QED) is 0.891. The molecule has 3 rings (SSSR count). The third-order valence-electron chi connectivity index (χ3n) is 3.73. The highest BCUT2D eigenvalue weighted by molar-refractivity contribution is 7.15. The highest BCUT2D eigenvalue weighted by Crippen LogP contribution is 2.18. The summed E-state index contributed by atoms with van der Waals surface area (Å²) in [6.07, 6.45) is 3.31.